The van der Waals surface area contributed by atoms with Crippen LogP contribution in [0.25, 0.3) is 0 Å². The fourth-order valence-electron chi connectivity index (χ4n) is 4.55. The number of carboxylic acids is 1. The molecule has 0 aliphatic heterocycles. The summed E-state index contributed by atoms with van der Waals surface area (Å²) in [6.07, 6.45) is 6.74. The van der Waals surface area contributed by atoms with Crippen molar-refractivity contribution in [2.75, 3.05) is 13.1 Å². The van der Waals surface area contributed by atoms with E-state index in [1.54, 1.807) is 0 Å². The Morgan fingerprint density at radius 2 is 1.65 bits per heavy atom. The summed E-state index contributed by atoms with van der Waals surface area (Å²) in [5, 5.41) is 15.4. The summed E-state index contributed by atoms with van der Waals surface area (Å²) in [5.41, 5.74) is -0.930. The smallest absolute Gasteiger partial charge is 0.407 e. The third-order valence-corrected chi connectivity index (χ3v) is 7.51. The van der Waals surface area contributed by atoms with Gasteiger partial charge in [-0.3, -0.25) is 4.79 Å². The van der Waals surface area contributed by atoms with Crippen molar-refractivity contribution >= 4 is 20.6 Å². The van der Waals surface area contributed by atoms with Gasteiger partial charge in [0.15, 0.2) is 0 Å². The lowest BCUT2D eigenvalue weighted by Gasteiger charge is -2.39. The molecule has 8 nitrogen and oxygen atoms in total. The van der Waals surface area contributed by atoms with Gasteiger partial charge in [-0.05, 0) is 79.9 Å². The number of nitrogens with one attached hydrogen (secondary N) is 2. The SMILES string of the molecule is CC(C)(C)OC(=O)N[C@@H](CC1CCCCC1)[C@H](CNCCCC(=O)O)O[Si](C)(C)OC(C)(C)C. The highest BCUT2D eigenvalue weighted by atomic mass is 28.4. The van der Waals surface area contributed by atoms with Crippen molar-refractivity contribution in [2.24, 2.45) is 5.92 Å². The molecule has 0 aromatic carbocycles. The molecule has 0 saturated heterocycles. The Hall–Kier alpha value is -1.16. The molecule has 2 atom stereocenters. The first-order chi connectivity index (χ1) is 15.6. The quantitative estimate of drug-likeness (QED) is 0.234. The topological polar surface area (TPSA) is 106 Å². The number of hydrogen-bond donors (Lipinski definition) is 3. The van der Waals surface area contributed by atoms with Crippen LogP contribution in [-0.4, -0.2) is 62.2 Å². The molecule has 0 aromatic rings. The zero-order valence-electron chi connectivity index (χ0n) is 22.8. The molecule has 0 unspecified atom stereocenters. The summed E-state index contributed by atoms with van der Waals surface area (Å²) in [5.74, 6) is -0.274. The van der Waals surface area contributed by atoms with Gasteiger partial charge in [-0.15, -0.1) is 0 Å². The van der Waals surface area contributed by atoms with Crippen molar-refractivity contribution in [3.05, 3.63) is 0 Å². The minimum absolute atomic E-state index is 0.119. The van der Waals surface area contributed by atoms with Crippen LogP contribution in [0.5, 0.6) is 0 Å². The van der Waals surface area contributed by atoms with Gasteiger partial charge in [-0.25, -0.2) is 4.79 Å². The van der Waals surface area contributed by atoms with E-state index in [1.807, 2.05) is 54.6 Å². The first kappa shape index (κ1) is 30.9. The third-order valence-electron chi connectivity index (χ3n) is 5.54. The molecule has 1 amide bonds. The van der Waals surface area contributed by atoms with Crippen LogP contribution in [0.2, 0.25) is 13.1 Å². The van der Waals surface area contributed by atoms with Gasteiger partial charge in [0.05, 0.1) is 17.7 Å². The second kappa shape index (κ2) is 13.8. The lowest BCUT2D eigenvalue weighted by molar-refractivity contribution is -0.137. The average molecular weight is 503 g/mol. The number of carbonyl (C=O) groups is 2. The van der Waals surface area contributed by atoms with E-state index in [0.29, 0.717) is 25.4 Å². The molecular weight excluding hydrogens is 452 g/mol. The molecule has 1 fully saturated rings. The van der Waals surface area contributed by atoms with E-state index in [-0.39, 0.29) is 24.2 Å². The molecule has 1 saturated carbocycles. The first-order valence-corrected chi connectivity index (χ1v) is 15.7. The highest BCUT2D eigenvalue weighted by molar-refractivity contribution is 6.64. The predicted octanol–water partition coefficient (Wildman–Crippen LogP) is 5.21. The molecule has 0 aromatic heterocycles. The van der Waals surface area contributed by atoms with Gasteiger partial charge in [0.25, 0.3) is 0 Å². The Labute approximate surface area is 208 Å². The number of amides is 1. The number of aliphatic carboxylic acids is 1. The highest BCUT2D eigenvalue weighted by Crippen LogP contribution is 2.29. The van der Waals surface area contributed by atoms with E-state index in [2.05, 4.69) is 10.6 Å². The van der Waals surface area contributed by atoms with E-state index in [9.17, 15) is 9.59 Å². The van der Waals surface area contributed by atoms with Crippen LogP contribution in [0.3, 0.4) is 0 Å². The number of carbonyl (C=O) groups excluding carboxylic acids is 1. The molecule has 1 aliphatic carbocycles. The average Bonchev–Trinajstić information content (AvgIpc) is 2.63. The Morgan fingerprint density at radius 1 is 1.03 bits per heavy atom. The second-order valence-electron chi connectivity index (χ2n) is 12.0. The number of rotatable bonds is 13. The van der Waals surface area contributed by atoms with Crippen molar-refractivity contribution in [2.45, 2.75) is 129 Å². The van der Waals surface area contributed by atoms with E-state index in [0.717, 1.165) is 19.3 Å². The van der Waals surface area contributed by atoms with Crippen LogP contribution < -0.4 is 10.6 Å². The minimum Gasteiger partial charge on any atom is -0.481 e. The van der Waals surface area contributed by atoms with E-state index >= 15 is 0 Å². The van der Waals surface area contributed by atoms with Crippen LogP contribution in [-0.2, 0) is 18.4 Å². The molecule has 200 valence electrons. The predicted molar refractivity (Wildman–Crippen MR) is 137 cm³/mol. The van der Waals surface area contributed by atoms with Gasteiger partial charge in [-0.2, -0.15) is 0 Å². The van der Waals surface area contributed by atoms with Crippen LogP contribution >= 0.6 is 0 Å². The largest absolute Gasteiger partial charge is 0.481 e. The standard InChI is InChI=1S/C25H50N2O6Si/c1-24(2,3)31-23(30)27-20(17-19-13-10-9-11-14-19)21(18-26-16-12-15-22(28)29)32-34(7,8)33-25(4,5)6/h19-21,26H,9-18H2,1-8H3,(H,27,30)(H,28,29)/t20-,21-/m0/s1. The Kier molecular flexibility index (Phi) is 12.5. The Bertz CT molecular complexity index is 624. The lowest BCUT2D eigenvalue weighted by Crippen LogP contribution is -2.55. The van der Waals surface area contributed by atoms with E-state index in [1.165, 1.54) is 19.3 Å². The van der Waals surface area contributed by atoms with Crippen molar-refractivity contribution in [3.63, 3.8) is 0 Å². The lowest BCUT2D eigenvalue weighted by atomic mass is 9.83. The number of alkyl carbamates (subject to hydrolysis) is 1. The summed E-state index contributed by atoms with van der Waals surface area (Å²) in [6.45, 7) is 16.7. The molecule has 9 heteroatoms. The van der Waals surface area contributed by atoms with Crippen LogP contribution in [0.4, 0.5) is 4.79 Å². The van der Waals surface area contributed by atoms with Gasteiger partial charge in [0.2, 0.25) is 0 Å². The van der Waals surface area contributed by atoms with Crippen molar-refractivity contribution in [1.82, 2.24) is 10.6 Å². The summed E-state index contributed by atoms with van der Waals surface area (Å²) < 4.78 is 18.5. The fourth-order valence-corrected chi connectivity index (χ4v) is 7.05. The fraction of sp³-hybridized carbons (Fsp3) is 0.920. The Balaban J connectivity index is 3.03. The summed E-state index contributed by atoms with van der Waals surface area (Å²) in [7, 11) is -2.54. The number of ether oxygens (including phenoxy) is 1. The van der Waals surface area contributed by atoms with Gasteiger partial charge < -0.3 is 29.3 Å². The molecule has 0 heterocycles. The number of carboxylic acid groups (broad SMARTS) is 1. The second-order valence-corrected chi connectivity index (χ2v) is 15.2. The molecule has 34 heavy (non-hydrogen) atoms. The van der Waals surface area contributed by atoms with Crippen LogP contribution in [0.15, 0.2) is 0 Å². The van der Waals surface area contributed by atoms with Crippen LogP contribution in [0.1, 0.15) is 92.9 Å². The van der Waals surface area contributed by atoms with Crippen LogP contribution in [0, 0.1) is 5.92 Å². The molecule has 1 rings (SSSR count). The normalized spacial score (nSPS) is 17.8. The number of hydrogen-bond acceptors (Lipinski definition) is 6. The Morgan fingerprint density at radius 3 is 2.18 bits per heavy atom. The molecule has 0 bridgehead atoms. The van der Waals surface area contributed by atoms with Crippen molar-refractivity contribution < 1.29 is 28.3 Å². The van der Waals surface area contributed by atoms with Gasteiger partial charge >= 0.3 is 20.6 Å². The maximum atomic E-state index is 12.8. The molecule has 0 radical (unpaired) electrons. The summed E-state index contributed by atoms with van der Waals surface area (Å²) in [6, 6.07) is -0.236. The van der Waals surface area contributed by atoms with Crippen molar-refractivity contribution in [1.29, 1.82) is 0 Å². The van der Waals surface area contributed by atoms with Gasteiger partial charge in [0.1, 0.15) is 5.60 Å². The molecule has 1 aliphatic rings. The molecular formula is C25H50N2O6Si. The maximum absolute atomic E-state index is 12.8. The van der Waals surface area contributed by atoms with E-state index < -0.39 is 26.2 Å². The minimum atomic E-state index is -2.54. The summed E-state index contributed by atoms with van der Waals surface area (Å²) >= 11 is 0. The first-order valence-electron chi connectivity index (χ1n) is 12.9. The third kappa shape index (κ3) is 15.0. The zero-order chi connectivity index (χ0) is 26.0. The zero-order valence-corrected chi connectivity index (χ0v) is 23.8. The molecule has 3 N–H and O–H groups in total. The highest BCUT2D eigenvalue weighted by Gasteiger charge is 2.38. The van der Waals surface area contributed by atoms with Gasteiger partial charge in [-0.1, -0.05) is 32.1 Å². The maximum Gasteiger partial charge on any atom is 0.407 e. The van der Waals surface area contributed by atoms with Gasteiger partial charge in [0, 0.05) is 13.0 Å². The van der Waals surface area contributed by atoms with Crippen molar-refractivity contribution in [3.8, 4) is 0 Å². The monoisotopic (exact) mass is 502 g/mol. The summed E-state index contributed by atoms with van der Waals surface area (Å²) in [4.78, 5) is 23.6. The van der Waals surface area contributed by atoms with E-state index in [4.69, 9.17) is 18.7 Å². The molecule has 0 spiro atoms.